The molecule has 1 saturated heterocycles. The molecule has 1 fully saturated rings. The van der Waals surface area contributed by atoms with Crippen LogP contribution < -0.4 is 4.90 Å². The summed E-state index contributed by atoms with van der Waals surface area (Å²) < 4.78 is 0. The maximum absolute atomic E-state index is 13.7. The number of hydrogen-bond acceptors (Lipinski definition) is 4. The minimum Gasteiger partial charge on any atom is -0.364 e. The fraction of sp³-hybridized carbons (Fsp3) is 0.360. The summed E-state index contributed by atoms with van der Waals surface area (Å²) in [6.07, 6.45) is 0. The SMILES string of the molecule is Cc1cc(C)cc(N2C(=O)C(c3ccc(C)c(C)c3)=C(N3CCN(C)CC3)C2=O)c1. The smallest absolute Gasteiger partial charge is 0.282 e. The first-order valence-electron chi connectivity index (χ1n) is 10.5. The van der Waals surface area contributed by atoms with Gasteiger partial charge in [0.05, 0.1) is 11.3 Å². The molecular weight excluding hydrogens is 374 g/mol. The largest absolute Gasteiger partial charge is 0.364 e. The monoisotopic (exact) mass is 403 g/mol. The van der Waals surface area contributed by atoms with Crippen LogP contribution in [0.2, 0.25) is 0 Å². The number of anilines is 1. The lowest BCUT2D eigenvalue weighted by Gasteiger charge is -2.34. The summed E-state index contributed by atoms with van der Waals surface area (Å²) in [6, 6.07) is 11.9. The Morgan fingerprint density at radius 1 is 0.733 bits per heavy atom. The van der Waals surface area contributed by atoms with E-state index in [0.717, 1.165) is 48.4 Å². The van der Waals surface area contributed by atoms with Crippen molar-refractivity contribution in [3.05, 3.63) is 69.9 Å². The quantitative estimate of drug-likeness (QED) is 0.737. The highest BCUT2D eigenvalue weighted by Crippen LogP contribution is 2.36. The number of imide groups is 1. The number of rotatable bonds is 3. The van der Waals surface area contributed by atoms with Crippen molar-refractivity contribution in [1.82, 2.24) is 9.80 Å². The van der Waals surface area contributed by atoms with Crippen LogP contribution >= 0.6 is 0 Å². The second kappa shape index (κ2) is 7.73. The van der Waals surface area contributed by atoms with Crippen LogP contribution in [0.15, 0.2) is 42.1 Å². The summed E-state index contributed by atoms with van der Waals surface area (Å²) in [7, 11) is 2.08. The van der Waals surface area contributed by atoms with Crippen molar-refractivity contribution in [2.24, 2.45) is 0 Å². The zero-order chi connectivity index (χ0) is 21.6. The lowest BCUT2D eigenvalue weighted by atomic mass is 9.99. The van der Waals surface area contributed by atoms with E-state index in [1.807, 2.05) is 57.2 Å². The number of carbonyl (C=O) groups excluding carboxylic acids is 2. The van der Waals surface area contributed by atoms with Gasteiger partial charge in [0.15, 0.2) is 0 Å². The Hall–Kier alpha value is -2.92. The van der Waals surface area contributed by atoms with Gasteiger partial charge in [0.2, 0.25) is 0 Å². The molecule has 5 heteroatoms. The number of carbonyl (C=O) groups is 2. The first-order chi connectivity index (χ1) is 14.3. The summed E-state index contributed by atoms with van der Waals surface area (Å²) in [5, 5.41) is 0. The zero-order valence-electron chi connectivity index (χ0n) is 18.5. The van der Waals surface area contributed by atoms with Crippen LogP contribution in [0.5, 0.6) is 0 Å². The summed E-state index contributed by atoms with van der Waals surface area (Å²) in [6.45, 7) is 11.3. The predicted molar refractivity (Wildman–Crippen MR) is 120 cm³/mol. The van der Waals surface area contributed by atoms with Gasteiger partial charge < -0.3 is 9.80 Å². The average molecular weight is 404 g/mol. The minimum atomic E-state index is -0.234. The van der Waals surface area contributed by atoms with Crippen LogP contribution in [-0.4, -0.2) is 54.8 Å². The van der Waals surface area contributed by atoms with E-state index in [9.17, 15) is 9.59 Å². The second-order valence-electron chi connectivity index (χ2n) is 8.60. The number of piperazine rings is 1. The molecule has 2 aliphatic rings. The Morgan fingerprint density at radius 3 is 1.97 bits per heavy atom. The van der Waals surface area contributed by atoms with Gasteiger partial charge in [-0.05, 0) is 74.7 Å². The number of hydrogen-bond donors (Lipinski definition) is 0. The average Bonchev–Trinajstić information content (AvgIpc) is 2.94. The van der Waals surface area contributed by atoms with Crippen LogP contribution in [0.25, 0.3) is 5.57 Å². The topological polar surface area (TPSA) is 43.9 Å². The van der Waals surface area contributed by atoms with Crippen molar-refractivity contribution in [3.8, 4) is 0 Å². The van der Waals surface area contributed by atoms with Crippen LogP contribution in [0.4, 0.5) is 5.69 Å². The highest BCUT2D eigenvalue weighted by atomic mass is 16.2. The van der Waals surface area contributed by atoms with Gasteiger partial charge in [-0.1, -0.05) is 24.3 Å². The third-order valence-corrected chi connectivity index (χ3v) is 6.14. The lowest BCUT2D eigenvalue weighted by Crippen LogP contribution is -2.46. The molecule has 156 valence electrons. The van der Waals surface area contributed by atoms with E-state index >= 15 is 0 Å². The van der Waals surface area contributed by atoms with Gasteiger partial charge >= 0.3 is 0 Å². The standard InChI is InChI=1S/C25H29N3O2/c1-16-12-17(2)14-21(13-16)28-24(29)22(20-7-6-18(3)19(4)15-20)23(25(28)30)27-10-8-26(5)9-11-27/h6-7,12-15H,8-11H2,1-5H3. The number of aryl methyl sites for hydroxylation is 4. The number of benzene rings is 2. The van der Waals surface area contributed by atoms with E-state index in [0.29, 0.717) is 17.0 Å². The highest BCUT2D eigenvalue weighted by Gasteiger charge is 2.43. The Bertz CT molecular complexity index is 1040. The summed E-state index contributed by atoms with van der Waals surface area (Å²) in [5.41, 5.74) is 6.87. The molecule has 0 atom stereocenters. The first kappa shape index (κ1) is 20.4. The van der Waals surface area contributed by atoms with Crippen LogP contribution in [0.1, 0.15) is 27.8 Å². The number of nitrogens with zero attached hydrogens (tertiary/aromatic N) is 3. The molecule has 2 aliphatic heterocycles. The van der Waals surface area contributed by atoms with Crippen LogP contribution in [0, 0.1) is 27.7 Å². The molecule has 0 unspecified atom stereocenters. The van der Waals surface area contributed by atoms with E-state index in [-0.39, 0.29) is 11.8 Å². The molecule has 2 aromatic carbocycles. The first-order valence-corrected chi connectivity index (χ1v) is 10.5. The molecule has 30 heavy (non-hydrogen) atoms. The second-order valence-corrected chi connectivity index (χ2v) is 8.60. The van der Waals surface area contributed by atoms with E-state index < -0.39 is 0 Å². The molecule has 4 rings (SSSR count). The molecule has 0 radical (unpaired) electrons. The highest BCUT2D eigenvalue weighted by molar-refractivity contribution is 6.45. The third kappa shape index (κ3) is 3.54. The molecule has 0 bridgehead atoms. The van der Waals surface area contributed by atoms with Gasteiger partial charge in [-0.15, -0.1) is 0 Å². The Labute approximate surface area is 178 Å². The van der Waals surface area contributed by atoms with Crippen molar-refractivity contribution in [3.63, 3.8) is 0 Å². The van der Waals surface area contributed by atoms with Crippen molar-refractivity contribution >= 4 is 23.1 Å². The molecule has 5 nitrogen and oxygen atoms in total. The van der Waals surface area contributed by atoms with E-state index in [2.05, 4.69) is 23.8 Å². The molecule has 2 heterocycles. The van der Waals surface area contributed by atoms with E-state index in [4.69, 9.17) is 0 Å². The van der Waals surface area contributed by atoms with Crippen molar-refractivity contribution < 1.29 is 9.59 Å². The molecule has 0 N–H and O–H groups in total. The van der Waals surface area contributed by atoms with Gasteiger partial charge in [0.1, 0.15) is 5.70 Å². The Morgan fingerprint density at radius 2 is 1.37 bits per heavy atom. The fourth-order valence-electron chi connectivity index (χ4n) is 4.31. The molecule has 2 aromatic rings. The zero-order valence-corrected chi connectivity index (χ0v) is 18.5. The van der Waals surface area contributed by atoms with Crippen molar-refractivity contribution in [2.45, 2.75) is 27.7 Å². The van der Waals surface area contributed by atoms with Crippen LogP contribution in [0.3, 0.4) is 0 Å². The third-order valence-electron chi connectivity index (χ3n) is 6.14. The molecule has 0 saturated carbocycles. The van der Waals surface area contributed by atoms with Gasteiger partial charge in [-0.2, -0.15) is 0 Å². The number of amides is 2. The summed E-state index contributed by atoms with van der Waals surface area (Å²) >= 11 is 0. The molecular formula is C25H29N3O2. The fourth-order valence-corrected chi connectivity index (χ4v) is 4.31. The summed E-state index contributed by atoms with van der Waals surface area (Å²) in [5.74, 6) is -0.454. The van der Waals surface area contributed by atoms with Gasteiger partial charge in [0, 0.05) is 26.2 Å². The molecule has 0 aliphatic carbocycles. The van der Waals surface area contributed by atoms with Crippen molar-refractivity contribution in [1.29, 1.82) is 0 Å². The van der Waals surface area contributed by atoms with Crippen LogP contribution in [-0.2, 0) is 9.59 Å². The minimum absolute atomic E-state index is 0.220. The maximum Gasteiger partial charge on any atom is 0.282 e. The molecule has 2 amide bonds. The van der Waals surface area contributed by atoms with Gasteiger partial charge in [-0.25, -0.2) is 4.90 Å². The van der Waals surface area contributed by atoms with E-state index in [1.54, 1.807) is 0 Å². The predicted octanol–water partition coefficient (Wildman–Crippen LogP) is 3.45. The Balaban J connectivity index is 1.84. The number of likely N-dealkylation sites (N-methyl/N-ethyl adjacent to an activating group) is 1. The normalized spacial score (nSPS) is 18.0. The maximum atomic E-state index is 13.7. The van der Waals surface area contributed by atoms with Gasteiger partial charge in [-0.3, -0.25) is 9.59 Å². The van der Waals surface area contributed by atoms with E-state index in [1.165, 1.54) is 10.5 Å². The lowest BCUT2D eigenvalue weighted by molar-refractivity contribution is -0.120. The molecule has 0 aromatic heterocycles. The van der Waals surface area contributed by atoms with Gasteiger partial charge in [0.25, 0.3) is 11.8 Å². The molecule has 0 spiro atoms. The Kier molecular flexibility index (Phi) is 5.24. The summed E-state index contributed by atoms with van der Waals surface area (Å²) in [4.78, 5) is 33.0. The van der Waals surface area contributed by atoms with Crippen molar-refractivity contribution in [2.75, 3.05) is 38.1 Å².